The zero-order valence-corrected chi connectivity index (χ0v) is 13.7. The second kappa shape index (κ2) is 7.58. The van der Waals surface area contributed by atoms with Crippen molar-refractivity contribution in [2.75, 3.05) is 11.9 Å². The molecule has 0 radical (unpaired) electrons. The van der Waals surface area contributed by atoms with E-state index in [-0.39, 0.29) is 6.04 Å². The Hall–Kier alpha value is -1.38. The molecule has 2 nitrogen and oxygen atoms in total. The van der Waals surface area contributed by atoms with Crippen LogP contribution in [0.5, 0.6) is 5.75 Å². The topological polar surface area (TPSA) is 21.3 Å². The quantitative estimate of drug-likeness (QED) is 0.708. The van der Waals surface area contributed by atoms with Crippen LogP contribution in [-0.2, 0) is 0 Å². The molecule has 1 atom stereocenters. The molecule has 0 heterocycles. The Morgan fingerprint density at radius 3 is 2.52 bits per heavy atom. The molecular formula is C17H19Cl2NO. The molecule has 1 N–H and O–H groups in total. The summed E-state index contributed by atoms with van der Waals surface area (Å²) in [7, 11) is 0. The molecule has 0 spiro atoms. The molecular weight excluding hydrogens is 305 g/mol. The standard InChI is InChI=1S/C17H19Cl2NO/c1-3-15(13-10-9-12(18)11-14(13)19)20-16-7-5-6-8-17(16)21-4-2/h5-11,15,20H,3-4H2,1-2H3. The lowest BCUT2D eigenvalue weighted by atomic mass is 10.0. The summed E-state index contributed by atoms with van der Waals surface area (Å²) in [6, 6.07) is 13.6. The van der Waals surface area contributed by atoms with Crippen LogP contribution in [0, 0.1) is 0 Å². The van der Waals surface area contributed by atoms with Crippen molar-refractivity contribution in [3.8, 4) is 5.75 Å². The average Bonchev–Trinajstić information content (AvgIpc) is 2.47. The van der Waals surface area contributed by atoms with Gasteiger partial charge in [0.05, 0.1) is 18.3 Å². The van der Waals surface area contributed by atoms with Gasteiger partial charge in [-0.25, -0.2) is 0 Å². The highest BCUT2D eigenvalue weighted by molar-refractivity contribution is 6.35. The summed E-state index contributed by atoms with van der Waals surface area (Å²) < 4.78 is 5.65. The van der Waals surface area contributed by atoms with Crippen LogP contribution in [0.15, 0.2) is 42.5 Å². The zero-order valence-electron chi connectivity index (χ0n) is 12.2. The third-order valence-corrected chi connectivity index (χ3v) is 3.83. The highest BCUT2D eigenvalue weighted by atomic mass is 35.5. The van der Waals surface area contributed by atoms with Crippen molar-refractivity contribution >= 4 is 28.9 Å². The van der Waals surface area contributed by atoms with Gasteiger partial charge in [-0.15, -0.1) is 0 Å². The number of para-hydroxylation sites is 2. The van der Waals surface area contributed by atoms with Crippen molar-refractivity contribution in [2.24, 2.45) is 0 Å². The van der Waals surface area contributed by atoms with Crippen molar-refractivity contribution in [3.05, 3.63) is 58.1 Å². The van der Waals surface area contributed by atoms with E-state index in [4.69, 9.17) is 27.9 Å². The van der Waals surface area contributed by atoms with Crippen LogP contribution in [0.4, 0.5) is 5.69 Å². The maximum absolute atomic E-state index is 6.31. The minimum atomic E-state index is 0.108. The summed E-state index contributed by atoms with van der Waals surface area (Å²) in [5.41, 5.74) is 2.01. The summed E-state index contributed by atoms with van der Waals surface area (Å²) in [6.07, 6.45) is 0.905. The molecule has 112 valence electrons. The maximum atomic E-state index is 6.31. The number of hydrogen-bond donors (Lipinski definition) is 1. The molecule has 0 aromatic heterocycles. The summed E-state index contributed by atoms with van der Waals surface area (Å²) in [5.74, 6) is 0.850. The summed E-state index contributed by atoms with van der Waals surface area (Å²) in [6.45, 7) is 4.73. The van der Waals surface area contributed by atoms with Crippen molar-refractivity contribution in [1.29, 1.82) is 0 Å². The van der Waals surface area contributed by atoms with E-state index < -0.39 is 0 Å². The van der Waals surface area contributed by atoms with Crippen molar-refractivity contribution in [2.45, 2.75) is 26.3 Å². The second-order valence-electron chi connectivity index (χ2n) is 4.70. The largest absolute Gasteiger partial charge is 0.492 e. The van der Waals surface area contributed by atoms with Gasteiger partial charge in [0.15, 0.2) is 0 Å². The van der Waals surface area contributed by atoms with E-state index in [0.29, 0.717) is 16.7 Å². The Balaban J connectivity index is 2.27. The van der Waals surface area contributed by atoms with Crippen LogP contribution >= 0.6 is 23.2 Å². The molecule has 0 saturated heterocycles. The first-order valence-electron chi connectivity index (χ1n) is 7.09. The number of halogens is 2. The van der Waals surface area contributed by atoms with Gasteiger partial charge in [-0.1, -0.05) is 48.3 Å². The van der Waals surface area contributed by atoms with Crippen LogP contribution < -0.4 is 10.1 Å². The zero-order chi connectivity index (χ0) is 15.2. The molecule has 0 fully saturated rings. The molecule has 0 saturated carbocycles. The molecule has 0 bridgehead atoms. The first-order valence-corrected chi connectivity index (χ1v) is 7.84. The van der Waals surface area contributed by atoms with Gasteiger partial charge in [-0.05, 0) is 43.2 Å². The maximum Gasteiger partial charge on any atom is 0.142 e. The summed E-state index contributed by atoms with van der Waals surface area (Å²) in [4.78, 5) is 0. The van der Waals surface area contributed by atoms with Crippen LogP contribution in [-0.4, -0.2) is 6.61 Å². The van der Waals surface area contributed by atoms with Gasteiger partial charge in [-0.3, -0.25) is 0 Å². The smallest absolute Gasteiger partial charge is 0.142 e. The Morgan fingerprint density at radius 2 is 1.86 bits per heavy atom. The lowest BCUT2D eigenvalue weighted by Gasteiger charge is -2.22. The van der Waals surface area contributed by atoms with Crippen LogP contribution in [0.1, 0.15) is 31.9 Å². The minimum Gasteiger partial charge on any atom is -0.492 e. The Morgan fingerprint density at radius 1 is 1.10 bits per heavy atom. The molecule has 4 heteroatoms. The first kappa shape index (κ1) is 16.0. The summed E-state index contributed by atoms with van der Waals surface area (Å²) >= 11 is 12.3. The number of ether oxygens (including phenoxy) is 1. The fraction of sp³-hybridized carbons (Fsp3) is 0.294. The lowest BCUT2D eigenvalue weighted by molar-refractivity contribution is 0.341. The first-order chi connectivity index (χ1) is 10.2. The molecule has 0 aliphatic heterocycles. The monoisotopic (exact) mass is 323 g/mol. The molecule has 21 heavy (non-hydrogen) atoms. The van der Waals surface area contributed by atoms with Gasteiger partial charge >= 0.3 is 0 Å². The van der Waals surface area contributed by atoms with E-state index >= 15 is 0 Å². The molecule has 0 amide bonds. The average molecular weight is 324 g/mol. The fourth-order valence-corrected chi connectivity index (χ4v) is 2.78. The van der Waals surface area contributed by atoms with Crippen molar-refractivity contribution in [1.82, 2.24) is 0 Å². The number of nitrogens with one attached hydrogen (secondary N) is 1. The van der Waals surface area contributed by atoms with E-state index in [0.717, 1.165) is 23.4 Å². The SMILES string of the molecule is CCOc1ccccc1NC(CC)c1ccc(Cl)cc1Cl. The second-order valence-corrected chi connectivity index (χ2v) is 5.54. The lowest BCUT2D eigenvalue weighted by Crippen LogP contribution is -2.11. The Labute approximate surface area is 136 Å². The van der Waals surface area contributed by atoms with E-state index in [1.165, 1.54) is 0 Å². The molecule has 0 aliphatic carbocycles. The molecule has 2 rings (SSSR count). The van der Waals surface area contributed by atoms with Crippen molar-refractivity contribution < 1.29 is 4.74 Å². The minimum absolute atomic E-state index is 0.108. The van der Waals surface area contributed by atoms with E-state index in [1.54, 1.807) is 6.07 Å². The van der Waals surface area contributed by atoms with E-state index in [9.17, 15) is 0 Å². The van der Waals surface area contributed by atoms with Gasteiger partial charge in [-0.2, -0.15) is 0 Å². The van der Waals surface area contributed by atoms with Gasteiger partial charge < -0.3 is 10.1 Å². The van der Waals surface area contributed by atoms with Gasteiger partial charge in [0, 0.05) is 10.0 Å². The van der Waals surface area contributed by atoms with Crippen LogP contribution in [0.25, 0.3) is 0 Å². The van der Waals surface area contributed by atoms with Gasteiger partial charge in [0.25, 0.3) is 0 Å². The van der Waals surface area contributed by atoms with Crippen molar-refractivity contribution in [3.63, 3.8) is 0 Å². The third kappa shape index (κ3) is 4.05. The highest BCUT2D eigenvalue weighted by Crippen LogP contribution is 2.33. The predicted molar refractivity (Wildman–Crippen MR) is 90.7 cm³/mol. The predicted octanol–water partition coefficient (Wildman–Crippen LogP) is 5.96. The number of rotatable bonds is 6. The summed E-state index contributed by atoms with van der Waals surface area (Å²) in [5, 5.41) is 4.83. The third-order valence-electron chi connectivity index (χ3n) is 3.26. The van der Waals surface area contributed by atoms with Crippen LogP contribution in [0.3, 0.4) is 0 Å². The van der Waals surface area contributed by atoms with E-state index in [1.807, 2.05) is 43.3 Å². The number of hydrogen-bond acceptors (Lipinski definition) is 2. The number of anilines is 1. The normalized spacial score (nSPS) is 12.0. The highest BCUT2D eigenvalue weighted by Gasteiger charge is 2.15. The Kier molecular flexibility index (Phi) is 5.77. The van der Waals surface area contributed by atoms with Crippen LogP contribution in [0.2, 0.25) is 10.0 Å². The van der Waals surface area contributed by atoms with E-state index in [2.05, 4.69) is 12.2 Å². The molecule has 1 unspecified atom stereocenters. The van der Waals surface area contributed by atoms with Gasteiger partial charge in [0.2, 0.25) is 0 Å². The molecule has 2 aromatic rings. The Bertz CT molecular complexity index is 601. The fourth-order valence-electron chi connectivity index (χ4n) is 2.24. The molecule has 2 aromatic carbocycles. The van der Waals surface area contributed by atoms with Gasteiger partial charge in [0.1, 0.15) is 5.75 Å². The molecule has 0 aliphatic rings. The number of benzene rings is 2.